The second-order valence-corrected chi connectivity index (χ2v) is 7.75. The number of hydrogen-bond donors (Lipinski definition) is 1. The van der Waals surface area contributed by atoms with Gasteiger partial charge in [-0.05, 0) is 61.0 Å². The molecule has 2 aliphatic heterocycles. The third-order valence-electron chi connectivity index (χ3n) is 5.28. The minimum absolute atomic E-state index is 0.0572. The summed E-state index contributed by atoms with van der Waals surface area (Å²) in [4.78, 5) is 28.0. The number of ether oxygens (including phenoxy) is 2. The van der Waals surface area contributed by atoms with Crippen LogP contribution < -0.4 is 19.7 Å². The van der Waals surface area contributed by atoms with Crippen LogP contribution in [0.5, 0.6) is 11.5 Å². The van der Waals surface area contributed by atoms with E-state index in [-0.39, 0.29) is 29.0 Å². The lowest BCUT2D eigenvalue weighted by atomic mass is 10.1. The highest BCUT2D eigenvalue weighted by Gasteiger charge is 2.33. The second-order valence-electron chi connectivity index (χ2n) is 7.37. The number of anilines is 1. The molecule has 0 saturated carbocycles. The molecule has 9 heteroatoms. The SMILES string of the molecule is COc1cc(/C=C2\NC(=S)N(c3ccccc3F)C2=O)ccc1OCC(=O)N1CCCC1. The van der Waals surface area contributed by atoms with Gasteiger partial charge in [-0.1, -0.05) is 18.2 Å². The third kappa shape index (κ3) is 4.43. The van der Waals surface area contributed by atoms with Gasteiger partial charge in [-0.2, -0.15) is 0 Å². The first kappa shape index (κ1) is 21.8. The Morgan fingerprint density at radius 3 is 2.66 bits per heavy atom. The predicted molar refractivity (Wildman–Crippen MR) is 122 cm³/mol. The van der Waals surface area contributed by atoms with E-state index in [2.05, 4.69) is 5.32 Å². The summed E-state index contributed by atoms with van der Waals surface area (Å²) in [5.41, 5.74) is 0.940. The summed E-state index contributed by atoms with van der Waals surface area (Å²) in [6, 6.07) is 11.0. The van der Waals surface area contributed by atoms with Crippen LogP contribution in [-0.4, -0.2) is 48.6 Å². The molecule has 2 saturated heterocycles. The van der Waals surface area contributed by atoms with E-state index in [4.69, 9.17) is 21.7 Å². The van der Waals surface area contributed by atoms with E-state index in [1.807, 2.05) is 0 Å². The fourth-order valence-corrected chi connectivity index (χ4v) is 3.94. The molecule has 2 aliphatic rings. The summed E-state index contributed by atoms with van der Waals surface area (Å²) in [5.74, 6) is -0.212. The summed E-state index contributed by atoms with van der Waals surface area (Å²) >= 11 is 5.23. The zero-order valence-corrected chi connectivity index (χ0v) is 18.3. The Bertz CT molecular complexity index is 1100. The summed E-state index contributed by atoms with van der Waals surface area (Å²) in [6.07, 6.45) is 3.63. The number of hydrogen-bond acceptors (Lipinski definition) is 5. The number of carbonyl (C=O) groups is 2. The summed E-state index contributed by atoms with van der Waals surface area (Å²) in [7, 11) is 1.50. The van der Waals surface area contributed by atoms with Crippen LogP contribution in [0.25, 0.3) is 6.08 Å². The first-order valence-electron chi connectivity index (χ1n) is 10.2. The first-order chi connectivity index (χ1) is 15.5. The van der Waals surface area contributed by atoms with Crippen LogP contribution in [0.1, 0.15) is 18.4 Å². The monoisotopic (exact) mass is 455 g/mol. The van der Waals surface area contributed by atoms with Crippen LogP contribution in [0.15, 0.2) is 48.2 Å². The maximum atomic E-state index is 14.2. The maximum Gasteiger partial charge on any atom is 0.281 e. The fraction of sp³-hybridized carbons (Fsp3) is 0.261. The predicted octanol–water partition coefficient (Wildman–Crippen LogP) is 3.10. The summed E-state index contributed by atoms with van der Waals surface area (Å²) in [6.45, 7) is 1.46. The number of carbonyl (C=O) groups excluding carboxylic acids is 2. The van der Waals surface area contributed by atoms with Crippen molar-refractivity contribution < 1.29 is 23.5 Å². The van der Waals surface area contributed by atoms with Crippen molar-refractivity contribution in [2.24, 2.45) is 0 Å². The number of amides is 2. The lowest BCUT2D eigenvalue weighted by Gasteiger charge is -2.16. The molecule has 0 unspecified atom stereocenters. The van der Waals surface area contributed by atoms with Crippen LogP contribution in [0.3, 0.4) is 0 Å². The van der Waals surface area contributed by atoms with Gasteiger partial charge in [-0.25, -0.2) is 9.29 Å². The van der Waals surface area contributed by atoms with Crippen molar-refractivity contribution in [3.8, 4) is 11.5 Å². The van der Waals surface area contributed by atoms with E-state index in [0.717, 1.165) is 30.8 Å². The molecule has 0 aromatic heterocycles. The molecule has 7 nitrogen and oxygen atoms in total. The maximum absolute atomic E-state index is 14.2. The van der Waals surface area contributed by atoms with Crippen LogP contribution in [0.4, 0.5) is 10.1 Å². The van der Waals surface area contributed by atoms with Crippen LogP contribution in [0.2, 0.25) is 0 Å². The van der Waals surface area contributed by atoms with E-state index < -0.39 is 11.7 Å². The number of thiocarbonyl (C=S) groups is 1. The number of para-hydroxylation sites is 1. The molecule has 2 fully saturated rings. The Kier molecular flexibility index (Phi) is 6.36. The molecule has 166 valence electrons. The normalized spacial score (nSPS) is 17.1. The number of methoxy groups -OCH3 is 1. The molecular weight excluding hydrogens is 433 g/mol. The molecule has 4 rings (SSSR count). The van der Waals surface area contributed by atoms with Gasteiger partial charge in [0.15, 0.2) is 23.2 Å². The molecule has 2 aromatic rings. The standard InChI is InChI=1S/C23H22FN3O4S/c1-30-20-13-15(8-9-19(20)31-14-21(28)26-10-4-5-11-26)12-17-22(29)27(23(32)25-17)18-7-3-2-6-16(18)24/h2-3,6-9,12-13H,4-5,10-11,14H2,1H3,(H,25,32)/b17-12-. The number of benzene rings is 2. The molecule has 2 heterocycles. The van der Waals surface area contributed by atoms with Gasteiger partial charge >= 0.3 is 0 Å². The fourth-order valence-electron chi connectivity index (χ4n) is 3.64. The molecule has 2 aromatic carbocycles. The Morgan fingerprint density at radius 2 is 1.94 bits per heavy atom. The smallest absolute Gasteiger partial charge is 0.281 e. The summed E-state index contributed by atoms with van der Waals surface area (Å²) in [5, 5.41) is 2.93. The lowest BCUT2D eigenvalue weighted by molar-refractivity contribution is -0.132. The quantitative estimate of drug-likeness (QED) is 0.533. The van der Waals surface area contributed by atoms with Crippen LogP contribution >= 0.6 is 12.2 Å². The minimum atomic E-state index is -0.544. The number of likely N-dealkylation sites (tertiary alicyclic amines) is 1. The van der Waals surface area contributed by atoms with Gasteiger partial charge in [-0.3, -0.25) is 9.59 Å². The first-order valence-corrected chi connectivity index (χ1v) is 10.6. The van der Waals surface area contributed by atoms with Gasteiger partial charge in [0.25, 0.3) is 11.8 Å². The Hall–Kier alpha value is -3.46. The highest BCUT2D eigenvalue weighted by molar-refractivity contribution is 7.80. The van der Waals surface area contributed by atoms with Gasteiger partial charge in [0, 0.05) is 13.1 Å². The zero-order chi connectivity index (χ0) is 22.7. The molecule has 0 atom stereocenters. The summed E-state index contributed by atoms with van der Waals surface area (Å²) < 4.78 is 25.2. The number of nitrogens with one attached hydrogen (secondary N) is 1. The second kappa shape index (κ2) is 9.35. The molecule has 0 spiro atoms. The van der Waals surface area contributed by atoms with Crippen LogP contribution in [0, 0.1) is 5.82 Å². The highest BCUT2D eigenvalue weighted by atomic mass is 32.1. The lowest BCUT2D eigenvalue weighted by Crippen LogP contribution is -2.32. The van der Waals surface area contributed by atoms with Crippen molar-refractivity contribution in [2.45, 2.75) is 12.8 Å². The van der Waals surface area contributed by atoms with Crippen molar-refractivity contribution in [1.82, 2.24) is 10.2 Å². The van der Waals surface area contributed by atoms with Crippen molar-refractivity contribution in [1.29, 1.82) is 0 Å². The molecule has 1 N–H and O–H groups in total. The molecule has 0 radical (unpaired) electrons. The number of rotatable bonds is 6. The van der Waals surface area contributed by atoms with Gasteiger partial charge in [0.2, 0.25) is 0 Å². The largest absolute Gasteiger partial charge is 0.493 e. The average molecular weight is 456 g/mol. The van der Waals surface area contributed by atoms with E-state index in [0.29, 0.717) is 17.1 Å². The van der Waals surface area contributed by atoms with Crippen molar-refractivity contribution in [3.05, 3.63) is 59.5 Å². The van der Waals surface area contributed by atoms with Gasteiger partial charge in [0.1, 0.15) is 11.5 Å². The average Bonchev–Trinajstić information content (AvgIpc) is 3.42. The van der Waals surface area contributed by atoms with Gasteiger partial charge in [0.05, 0.1) is 12.8 Å². The molecule has 0 aliphatic carbocycles. The Morgan fingerprint density at radius 1 is 1.19 bits per heavy atom. The number of nitrogens with zero attached hydrogens (tertiary/aromatic N) is 2. The zero-order valence-electron chi connectivity index (χ0n) is 17.5. The van der Waals surface area contributed by atoms with E-state index in [1.165, 1.54) is 19.2 Å². The molecule has 0 bridgehead atoms. The third-order valence-corrected chi connectivity index (χ3v) is 5.56. The van der Waals surface area contributed by atoms with Crippen molar-refractivity contribution in [3.63, 3.8) is 0 Å². The van der Waals surface area contributed by atoms with Gasteiger partial charge < -0.3 is 19.7 Å². The van der Waals surface area contributed by atoms with E-state index >= 15 is 0 Å². The van der Waals surface area contributed by atoms with E-state index in [9.17, 15) is 14.0 Å². The topological polar surface area (TPSA) is 71.1 Å². The molecular formula is C23H22FN3O4S. The van der Waals surface area contributed by atoms with Crippen molar-refractivity contribution >= 4 is 40.9 Å². The Balaban J connectivity index is 1.50. The molecule has 32 heavy (non-hydrogen) atoms. The van der Waals surface area contributed by atoms with Gasteiger partial charge in [-0.15, -0.1) is 0 Å². The minimum Gasteiger partial charge on any atom is -0.493 e. The molecule has 2 amide bonds. The Labute approximate surface area is 190 Å². The van der Waals surface area contributed by atoms with Crippen molar-refractivity contribution in [2.75, 3.05) is 31.7 Å². The van der Waals surface area contributed by atoms with E-state index in [1.54, 1.807) is 41.3 Å². The van der Waals surface area contributed by atoms with Crippen LogP contribution in [-0.2, 0) is 9.59 Å². The highest BCUT2D eigenvalue weighted by Crippen LogP contribution is 2.30. The number of halogens is 1.